The molecule has 1 aromatic heterocycles. The zero-order valence-electron chi connectivity index (χ0n) is 18.5. The van der Waals surface area contributed by atoms with Gasteiger partial charge in [0.25, 0.3) is 0 Å². The minimum Gasteiger partial charge on any atom is -0.353 e. The Hall–Kier alpha value is -3.06. The summed E-state index contributed by atoms with van der Waals surface area (Å²) in [6.45, 7) is 3.46. The molecule has 0 aliphatic heterocycles. The van der Waals surface area contributed by atoms with Crippen molar-refractivity contribution in [2.45, 2.75) is 26.4 Å². The summed E-state index contributed by atoms with van der Waals surface area (Å²) in [6, 6.07) is 21.0. The van der Waals surface area contributed by atoms with E-state index in [-0.39, 0.29) is 18.5 Å². The smallest absolute Gasteiger partial charge is 0.322 e. The Kier molecular flexibility index (Phi) is 8.50. The SMILES string of the molecule is CCCN(CC(=O)N(Cc1ccccc1)Cc1cccn1C)C(=O)Nc1ccccc1Br. The highest BCUT2D eigenvalue weighted by atomic mass is 79.9. The van der Waals surface area contributed by atoms with Crippen molar-refractivity contribution in [1.29, 1.82) is 0 Å². The van der Waals surface area contributed by atoms with Gasteiger partial charge in [-0.05, 0) is 52.2 Å². The number of para-hydroxylation sites is 1. The summed E-state index contributed by atoms with van der Waals surface area (Å²) in [5.41, 5.74) is 2.76. The summed E-state index contributed by atoms with van der Waals surface area (Å²) in [7, 11) is 1.97. The molecule has 168 valence electrons. The predicted molar refractivity (Wildman–Crippen MR) is 131 cm³/mol. The van der Waals surface area contributed by atoms with Crippen LogP contribution < -0.4 is 5.32 Å². The molecular weight excluding hydrogens is 468 g/mol. The summed E-state index contributed by atoms with van der Waals surface area (Å²) < 4.78 is 2.81. The Morgan fingerprint density at radius 1 is 0.938 bits per heavy atom. The first-order chi connectivity index (χ1) is 15.5. The number of hydrogen-bond donors (Lipinski definition) is 1. The van der Waals surface area contributed by atoms with Crippen molar-refractivity contribution in [3.8, 4) is 0 Å². The number of carbonyl (C=O) groups is 2. The molecule has 2 aromatic carbocycles. The fourth-order valence-corrected chi connectivity index (χ4v) is 3.82. The van der Waals surface area contributed by atoms with Crippen LogP contribution in [0.3, 0.4) is 0 Å². The monoisotopic (exact) mass is 496 g/mol. The van der Waals surface area contributed by atoms with Crippen LogP contribution in [0.1, 0.15) is 24.6 Å². The van der Waals surface area contributed by atoms with E-state index in [2.05, 4.69) is 21.2 Å². The minimum absolute atomic E-state index is 0.0153. The molecule has 1 N–H and O–H groups in total. The highest BCUT2D eigenvalue weighted by molar-refractivity contribution is 9.10. The third kappa shape index (κ3) is 6.47. The molecule has 3 aromatic rings. The third-order valence-electron chi connectivity index (χ3n) is 5.20. The van der Waals surface area contributed by atoms with Gasteiger partial charge >= 0.3 is 6.03 Å². The van der Waals surface area contributed by atoms with Crippen molar-refractivity contribution in [2.75, 3.05) is 18.4 Å². The lowest BCUT2D eigenvalue weighted by molar-refractivity contribution is -0.133. The van der Waals surface area contributed by atoms with Gasteiger partial charge in [0.2, 0.25) is 5.91 Å². The maximum atomic E-state index is 13.4. The zero-order valence-corrected chi connectivity index (χ0v) is 20.1. The molecule has 0 radical (unpaired) electrons. The lowest BCUT2D eigenvalue weighted by atomic mass is 10.2. The number of amides is 3. The second-order valence-corrected chi connectivity index (χ2v) is 8.53. The second kappa shape index (κ2) is 11.5. The Labute approximate surface area is 198 Å². The molecule has 0 bridgehead atoms. The molecule has 1 heterocycles. The molecule has 0 atom stereocenters. The summed E-state index contributed by atoms with van der Waals surface area (Å²) in [5.74, 6) is -0.0919. The first-order valence-corrected chi connectivity index (χ1v) is 11.5. The molecule has 0 spiro atoms. The van der Waals surface area contributed by atoms with Gasteiger partial charge in [0.05, 0.1) is 12.2 Å². The fourth-order valence-electron chi connectivity index (χ4n) is 3.43. The number of aromatic nitrogens is 1. The lowest BCUT2D eigenvalue weighted by Gasteiger charge is -2.28. The topological polar surface area (TPSA) is 57.6 Å². The molecular formula is C25H29BrN4O2. The van der Waals surface area contributed by atoms with Crippen LogP contribution in [-0.2, 0) is 24.9 Å². The summed E-state index contributed by atoms with van der Waals surface area (Å²) in [5, 5.41) is 2.91. The maximum Gasteiger partial charge on any atom is 0.322 e. The van der Waals surface area contributed by atoms with E-state index >= 15 is 0 Å². The van der Waals surface area contributed by atoms with Crippen LogP contribution >= 0.6 is 15.9 Å². The van der Waals surface area contributed by atoms with Gasteiger partial charge in [0.1, 0.15) is 6.54 Å². The number of nitrogens with one attached hydrogen (secondary N) is 1. The number of anilines is 1. The number of aryl methyl sites for hydroxylation is 1. The Morgan fingerprint density at radius 3 is 2.31 bits per heavy atom. The predicted octanol–water partition coefficient (Wildman–Crippen LogP) is 5.26. The zero-order chi connectivity index (χ0) is 22.9. The third-order valence-corrected chi connectivity index (χ3v) is 5.89. The van der Waals surface area contributed by atoms with Gasteiger partial charge in [-0.2, -0.15) is 0 Å². The summed E-state index contributed by atoms with van der Waals surface area (Å²) in [6.07, 6.45) is 2.72. The van der Waals surface area contributed by atoms with Crippen molar-refractivity contribution in [1.82, 2.24) is 14.4 Å². The quantitative estimate of drug-likeness (QED) is 0.439. The number of benzene rings is 2. The van der Waals surface area contributed by atoms with Gasteiger partial charge in [-0.15, -0.1) is 0 Å². The molecule has 3 rings (SSSR count). The number of carbonyl (C=O) groups excluding carboxylic acids is 2. The summed E-state index contributed by atoms with van der Waals surface area (Å²) in [4.78, 5) is 29.7. The molecule has 0 aliphatic carbocycles. The van der Waals surface area contributed by atoms with E-state index in [0.29, 0.717) is 25.3 Å². The van der Waals surface area contributed by atoms with E-state index in [0.717, 1.165) is 22.2 Å². The van der Waals surface area contributed by atoms with Gasteiger partial charge < -0.3 is 19.7 Å². The molecule has 32 heavy (non-hydrogen) atoms. The molecule has 0 saturated carbocycles. The molecule has 0 fully saturated rings. The minimum atomic E-state index is -0.286. The first-order valence-electron chi connectivity index (χ1n) is 10.7. The van der Waals surface area contributed by atoms with Crippen LogP contribution in [0.5, 0.6) is 0 Å². The molecule has 0 aliphatic rings. The Bertz CT molecular complexity index is 1040. The van der Waals surface area contributed by atoms with Crippen molar-refractivity contribution in [2.24, 2.45) is 7.05 Å². The van der Waals surface area contributed by atoms with Crippen molar-refractivity contribution in [3.63, 3.8) is 0 Å². The number of rotatable bonds is 9. The van der Waals surface area contributed by atoms with Crippen LogP contribution in [0.2, 0.25) is 0 Å². The van der Waals surface area contributed by atoms with Gasteiger partial charge in [-0.1, -0.05) is 49.4 Å². The highest BCUT2D eigenvalue weighted by Gasteiger charge is 2.22. The van der Waals surface area contributed by atoms with E-state index in [1.54, 1.807) is 9.80 Å². The number of urea groups is 1. The normalized spacial score (nSPS) is 10.6. The second-order valence-electron chi connectivity index (χ2n) is 7.68. The van der Waals surface area contributed by atoms with Crippen molar-refractivity contribution >= 4 is 33.6 Å². The standard InChI is InChI=1S/C25H29BrN4O2/c1-3-15-29(25(32)27-23-14-8-7-13-22(23)26)19-24(31)30(17-20-10-5-4-6-11-20)18-21-12-9-16-28(21)2/h4-14,16H,3,15,17-19H2,1-2H3,(H,27,32). The fraction of sp³-hybridized carbons (Fsp3) is 0.280. The van der Waals surface area contributed by atoms with E-state index < -0.39 is 0 Å². The van der Waals surface area contributed by atoms with Crippen LogP contribution in [0.4, 0.5) is 10.5 Å². The average molecular weight is 497 g/mol. The van der Waals surface area contributed by atoms with Gasteiger partial charge in [-0.3, -0.25) is 4.79 Å². The number of hydrogen-bond acceptors (Lipinski definition) is 2. The van der Waals surface area contributed by atoms with E-state index in [1.165, 1.54) is 0 Å². The molecule has 0 saturated heterocycles. The van der Waals surface area contributed by atoms with Crippen LogP contribution in [0, 0.1) is 0 Å². The van der Waals surface area contributed by atoms with Gasteiger partial charge in [0.15, 0.2) is 0 Å². The average Bonchev–Trinajstić information content (AvgIpc) is 3.19. The van der Waals surface area contributed by atoms with E-state index in [1.807, 2.05) is 91.5 Å². The largest absolute Gasteiger partial charge is 0.353 e. The van der Waals surface area contributed by atoms with E-state index in [4.69, 9.17) is 0 Å². The Morgan fingerprint density at radius 2 is 1.66 bits per heavy atom. The van der Waals surface area contributed by atoms with Crippen LogP contribution in [-0.4, -0.2) is 39.4 Å². The van der Waals surface area contributed by atoms with Crippen LogP contribution in [0.15, 0.2) is 77.4 Å². The molecule has 7 heteroatoms. The summed E-state index contributed by atoms with van der Waals surface area (Å²) >= 11 is 3.45. The first kappa shape index (κ1) is 23.6. The van der Waals surface area contributed by atoms with Gasteiger partial charge in [-0.25, -0.2) is 4.79 Å². The van der Waals surface area contributed by atoms with Crippen molar-refractivity contribution in [3.05, 3.63) is 88.7 Å². The maximum absolute atomic E-state index is 13.4. The van der Waals surface area contributed by atoms with E-state index in [9.17, 15) is 9.59 Å². The van der Waals surface area contributed by atoms with Crippen LogP contribution in [0.25, 0.3) is 0 Å². The van der Waals surface area contributed by atoms with Gasteiger partial charge in [0, 0.05) is 36.5 Å². The number of nitrogens with zero attached hydrogens (tertiary/aromatic N) is 3. The molecule has 0 unspecified atom stereocenters. The molecule has 3 amide bonds. The number of halogens is 1. The lowest BCUT2D eigenvalue weighted by Crippen LogP contribution is -2.44. The Balaban J connectivity index is 1.75. The molecule has 6 nitrogen and oxygen atoms in total. The van der Waals surface area contributed by atoms with Crippen molar-refractivity contribution < 1.29 is 9.59 Å². The highest BCUT2D eigenvalue weighted by Crippen LogP contribution is 2.21.